The van der Waals surface area contributed by atoms with Crippen molar-refractivity contribution in [3.8, 4) is 0 Å². The monoisotopic (exact) mass is 404 g/mol. The molecular weight excluding hydrogens is 384 g/mol. The summed E-state index contributed by atoms with van der Waals surface area (Å²) in [5.74, 6) is 0.717. The summed E-state index contributed by atoms with van der Waals surface area (Å²) in [6.07, 6.45) is 5.00. The number of benzene rings is 1. The van der Waals surface area contributed by atoms with Crippen LogP contribution < -0.4 is 15.1 Å². The first-order chi connectivity index (χ1) is 13.4. The smallest absolute Gasteiger partial charge is 0.270 e. The van der Waals surface area contributed by atoms with E-state index in [0.29, 0.717) is 17.5 Å². The molecular formula is C18H21ClN6O3. The van der Waals surface area contributed by atoms with Gasteiger partial charge in [0.25, 0.3) is 11.6 Å². The van der Waals surface area contributed by atoms with Crippen LogP contribution in [0, 0.1) is 10.1 Å². The van der Waals surface area contributed by atoms with Crippen molar-refractivity contribution in [1.29, 1.82) is 0 Å². The molecule has 1 fully saturated rings. The van der Waals surface area contributed by atoms with Gasteiger partial charge in [0, 0.05) is 39.3 Å². The van der Waals surface area contributed by atoms with Crippen molar-refractivity contribution in [3.63, 3.8) is 0 Å². The second-order valence-corrected chi connectivity index (χ2v) is 7.13. The molecule has 0 saturated carbocycles. The van der Waals surface area contributed by atoms with E-state index in [1.54, 1.807) is 11.1 Å². The molecule has 28 heavy (non-hydrogen) atoms. The fourth-order valence-corrected chi connectivity index (χ4v) is 3.29. The molecule has 9 nitrogen and oxygen atoms in total. The Balaban J connectivity index is 1.84. The molecule has 0 atom stereocenters. The normalized spacial score (nSPS) is 13.9. The lowest BCUT2D eigenvalue weighted by molar-refractivity contribution is -0.384. The van der Waals surface area contributed by atoms with E-state index in [4.69, 9.17) is 11.6 Å². The van der Waals surface area contributed by atoms with Crippen LogP contribution in [0.2, 0.25) is 5.02 Å². The highest BCUT2D eigenvalue weighted by molar-refractivity contribution is 6.34. The second-order valence-electron chi connectivity index (χ2n) is 6.72. The van der Waals surface area contributed by atoms with Crippen LogP contribution in [0.3, 0.4) is 0 Å². The summed E-state index contributed by atoms with van der Waals surface area (Å²) < 4.78 is 0. The van der Waals surface area contributed by atoms with Crippen molar-refractivity contribution in [2.45, 2.75) is 19.3 Å². The lowest BCUT2D eigenvalue weighted by atomic mass is 10.1. The molecule has 1 aliphatic heterocycles. The molecule has 0 unspecified atom stereocenters. The highest BCUT2D eigenvalue weighted by Crippen LogP contribution is 2.27. The molecule has 10 heteroatoms. The first kappa shape index (κ1) is 19.8. The van der Waals surface area contributed by atoms with Crippen LogP contribution in [-0.2, 0) is 0 Å². The summed E-state index contributed by atoms with van der Waals surface area (Å²) in [7, 11) is 3.66. The molecule has 148 valence electrons. The van der Waals surface area contributed by atoms with Crippen LogP contribution in [0.4, 0.5) is 23.1 Å². The molecule has 1 amide bonds. The average Bonchev–Trinajstić information content (AvgIpc) is 2.68. The predicted molar refractivity (Wildman–Crippen MR) is 108 cm³/mol. The van der Waals surface area contributed by atoms with Gasteiger partial charge in [-0.25, -0.2) is 4.98 Å². The van der Waals surface area contributed by atoms with Gasteiger partial charge in [-0.1, -0.05) is 11.6 Å². The van der Waals surface area contributed by atoms with E-state index in [-0.39, 0.29) is 16.3 Å². The maximum absolute atomic E-state index is 12.6. The van der Waals surface area contributed by atoms with Gasteiger partial charge in [0.15, 0.2) is 5.82 Å². The summed E-state index contributed by atoms with van der Waals surface area (Å²) in [5.41, 5.74) is 0.395. The maximum Gasteiger partial charge on any atom is 0.270 e. The van der Waals surface area contributed by atoms with E-state index >= 15 is 0 Å². The van der Waals surface area contributed by atoms with Crippen molar-refractivity contribution in [1.82, 2.24) is 9.97 Å². The number of nitrogens with zero attached hydrogens (tertiary/aromatic N) is 5. The number of halogens is 1. The lowest BCUT2D eigenvalue weighted by Gasteiger charge is -2.28. The van der Waals surface area contributed by atoms with Crippen molar-refractivity contribution < 1.29 is 9.72 Å². The van der Waals surface area contributed by atoms with Crippen LogP contribution >= 0.6 is 11.6 Å². The molecule has 1 aromatic heterocycles. The Morgan fingerprint density at radius 1 is 1.29 bits per heavy atom. The zero-order chi connectivity index (χ0) is 20.3. The lowest BCUT2D eigenvalue weighted by Crippen LogP contribution is -2.31. The zero-order valence-corrected chi connectivity index (χ0v) is 16.4. The molecule has 1 aromatic carbocycles. The Morgan fingerprint density at radius 3 is 2.61 bits per heavy atom. The van der Waals surface area contributed by atoms with Crippen molar-refractivity contribution in [2.24, 2.45) is 0 Å². The number of anilines is 3. The largest absolute Gasteiger partial charge is 0.361 e. The van der Waals surface area contributed by atoms with Gasteiger partial charge in [-0.15, -0.1) is 0 Å². The first-order valence-electron chi connectivity index (χ1n) is 8.91. The van der Waals surface area contributed by atoms with E-state index in [0.717, 1.165) is 32.0 Å². The van der Waals surface area contributed by atoms with E-state index in [1.807, 2.05) is 14.1 Å². The molecule has 0 spiro atoms. The SMILES string of the molecule is CN(C)c1nc(N2CCCCC2)ncc1NC(=O)c1ccc([N+](=O)[O-])cc1Cl. The number of nitro benzene ring substituents is 1. The number of rotatable bonds is 5. The van der Waals surface area contributed by atoms with Crippen molar-refractivity contribution in [3.05, 3.63) is 45.1 Å². The second kappa shape index (κ2) is 8.39. The number of carbonyl (C=O) groups excluding carboxylic acids is 1. The summed E-state index contributed by atoms with van der Waals surface area (Å²) in [6, 6.07) is 3.72. The van der Waals surface area contributed by atoms with Gasteiger partial charge in [-0.3, -0.25) is 14.9 Å². The minimum absolute atomic E-state index is 0.00367. The van der Waals surface area contributed by atoms with Gasteiger partial charge in [0.1, 0.15) is 5.69 Å². The van der Waals surface area contributed by atoms with Crippen molar-refractivity contribution in [2.75, 3.05) is 42.3 Å². The fourth-order valence-electron chi connectivity index (χ4n) is 3.03. The van der Waals surface area contributed by atoms with Gasteiger partial charge in [-0.05, 0) is 25.3 Å². The van der Waals surface area contributed by atoms with Crippen LogP contribution in [0.15, 0.2) is 24.4 Å². The number of hydrogen-bond donors (Lipinski definition) is 1. The van der Waals surface area contributed by atoms with Crippen LogP contribution in [0.5, 0.6) is 0 Å². The van der Waals surface area contributed by atoms with Crippen LogP contribution in [0.1, 0.15) is 29.6 Å². The van der Waals surface area contributed by atoms with Crippen LogP contribution in [0.25, 0.3) is 0 Å². The van der Waals surface area contributed by atoms with E-state index in [2.05, 4.69) is 20.2 Å². The molecule has 2 aromatic rings. The Bertz CT molecular complexity index is 899. The standard InChI is InChI=1S/C18H21ClN6O3/c1-23(2)16-15(11-20-18(22-16)24-8-4-3-5-9-24)21-17(26)13-7-6-12(25(27)28)10-14(13)19/h6-7,10-11H,3-5,8-9H2,1-2H3,(H,21,26). The Hall–Kier alpha value is -2.94. The molecule has 1 saturated heterocycles. The molecule has 2 heterocycles. The van der Waals surface area contributed by atoms with Crippen molar-refractivity contribution >= 4 is 40.6 Å². The Kier molecular flexibility index (Phi) is 5.93. The number of aromatic nitrogens is 2. The third-order valence-electron chi connectivity index (χ3n) is 4.47. The zero-order valence-electron chi connectivity index (χ0n) is 15.7. The van der Waals surface area contributed by atoms with E-state index in [1.165, 1.54) is 18.6 Å². The Labute approximate surface area is 167 Å². The number of amides is 1. The number of nitro groups is 1. The van der Waals surface area contributed by atoms with Gasteiger partial charge in [-0.2, -0.15) is 4.98 Å². The van der Waals surface area contributed by atoms with Gasteiger partial charge in [0.05, 0.1) is 21.7 Å². The molecule has 0 bridgehead atoms. The predicted octanol–water partition coefficient (Wildman–Crippen LogP) is 3.35. The van der Waals surface area contributed by atoms with Crippen LogP contribution in [-0.4, -0.2) is 48.0 Å². The third-order valence-corrected chi connectivity index (χ3v) is 4.79. The quantitative estimate of drug-likeness (QED) is 0.601. The first-order valence-corrected chi connectivity index (χ1v) is 9.29. The minimum atomic E-state index is -0.565. The molecule has 3 rings (SSSR count). The topological polar surface area (TPSA) is 104 Å². The minimum Gasteiger partial charge on any atom is -0.361 e. The number of carbonyl (C=O) groups is 1. The molecule has 1 N–H and O–H groups in total. The number of non-ortho nitro benzene ring substituents is 1. The number of piperidine rings is 1. The summed E-state index contributed by atoms with van der Waals surface area (Å²) in [5, 5.41) is 13.6. The summed E-state index contributed by atoms with van der Waals surface area (Å²) in [4.78, 5) is 35.8. The molecule has 0 aliphatic carbocycles. The average molecular weight is 405 g/mol. The molecule has 1 aliphatic rings. The number of nitrogens with one attached hydrogen (secondary N) is 1. The van der Waals surface area contributed by atoms with E-state index in [9.17, 15) is 14.9 Å². The summed E-state index contributed by atoms with van der Waals surface area (Å²) >= 11 is 6.05. The van der Waals surface area contributed by atoms with Gasteiger partial charge < -0.3 is 15.1 Å². The highest BCUT2D eigenvalue weighted by Gasteiger charge is 2.20. The third kappa shape index (κ3) is 4.30. The fraction of sp³-hybridized carbons (Fsp3) is 0.389. The molecule has 0 radical (unpaired) electrons. The summed E-state index contributed by atoms with van der Waals surface area (Å²) in [6.45, 7) is 1.83. The highest BCUT2D eigenvalue weighted by atomic mass is 35.5. The van der Waals surface area contributed by atoms with Gasteiger partial charge in [0.2, 0.25) is 5.95 Å². The number of hydrogen-bond acceptors (Lipinski definition) is 7. The van der Waals surface area contributed by atoms with E-state index < -0.39 is 10.8 Å². The maximum atomic E-state index is 12.6. The van der Waals surface area contributed by atoms with Gasteiger partial charge >= 0.3 is 0 Å². The Morgan fingerprint density at radius 2 is 2.00 bits per heavy atom.